The zero-order chi connectivity index (χ0) is 10.6. The zero-order valence-corrected chi connectivity index (χ0v) is 7.73. The maximum atomic E-state index is 10.6. The van der Waals surface area contributed by atoms with Crippen LogP contribution < -0.4 is 0 Å². The van der Waals surface area contributed by atoms with Gasteiger partial charge in [0, 0.05) is 11.6 Å². The molecule has 14 heavy (non-hydrogen) atoms. The lowest BCUT2D eigenvalue weighted by Gasteiger charge is -1.99. The molecule has 0 radical (unpaired) electrons. The van der Waals surface area contributed by atoms with Crippen LogP contribution in [0.1, 0.15) is 21.5 Å². The normalized spacial score (nSPS) is 10.4. The van der Waals surface area contributed by atoms with E-state index >= 15 is 0 Å². The van der Waals surface area contributed by atoms with Gasteiger partial charge in [0.15, 0.2) is 6.29 Å². The monoisotopic (exact) mass is 190 g/mol. The van der Waals surface area contributed by atoms with Gasteiger partial charge in [0.2, 0.25) is 0 Å². The van der Waals surface area contributed by atoms with E-state index in [1.807, 2.05) is 13.0 Å². The van der Waals surface area contributed by atoms with Gasteiger partial charge in [0.1, 0.15) is 0 Å². The molecule has 0 saturated carbocycles. The van der Waals surface area contributed by atoms with Crippen LogP contribution in [0.15, 0.2) is 24.3 Å². The van der Waals surface area contributed by atoms with E-state index in [4.69, 9.17) is 5.11 Å². The summed E-state index contributed by atoms with van der Waals surface area (Å²) in [6.45, 7) is 1.87. The van der Waals surface area contributed by atoms with Crippen LogP contribution >= 0.6 is 0 Å². The van der Waals surface area contributed by atoms with Gasteiger partial charge < -0.3 is 5.11 Å². The van der Waals surface area contributed by atoms with E-state index in [9.17, 15) is 9.59 Å². The van der Waals surface area contributed by atoms with Gasteiger partial charge in [-0.25, -0.2) is 4.79 Å². The molecule has 0 saturated heterocycles. The highest BCUT2D eigenvalue weighted by Crippen LogP contribution is 2.11. The van der Waals surface area contributed by atoms with E-state index in [1.165, 1.54) is 6.08 Å². The summed E-state index contributed by atoms with van der Waals surface area (Å²) in [6, 6.07) is 5.27. The molecule has 0 aliphatic heterocycles. The highest BCUT2D eigenvalue weighted by atomic mass is 16.4. The number of carbonyl (C=O) groups excluding carboxylic acids is 1. The third-order valence-corrected chi connectivity index (χ3v) is 1.77. The van der Waals surface area contributed by atoms with E-state index in [0.717, 1.165) is 11.6 Å². The van der Waals surface area contributed by atoms with Crippen molar-refractivity contribution in [2.24, 2.45) is 0 Å². The average Bonchev–Trinajstić information content (AvgIpc) is 2.15. The first kappa shape index (κ1) is 10.2. The van der Waals surface area contributed by atoms with E-state index < -0.39 is 5.97 Å². The first-order valence-electron chi connectivity index (χ1n) is 4.10. The van der Waals surface area contributed by atoms with Crippen LogP contribution in [-0.4, -0.2) is 17.4 Å². The maximum Gasteiger partial charge on any atom is 0.328 e. The second kappa shape index (κ2) is 4.37. The number of hydrogen-bond donors (Lipinski definition) is 1. The number of aldehydes is 1. The predicted molar refractivity (Wildman–Crippen MR) is 53.2 cm³/mol. The fourth-order valence-electron chi connectivity index (χ4n) is 1.11. The Labute approximate surface area is 81.7 Å². The minimum Gasteiger partial charge on any atom is -0.478 e. The Balaban J connectivity index is 3.08. The van der Waals surface area contributed by atoms with E-state index in [1.54, 1.807) is 12.1 Å². The molecular formula is C11H10O3. The summed E-state index contributed by atoms with van der Waals surface area (Å²) in [5, 5.41) is 8.42. The molecule has 0 bridgehead atoms. The molecule has 72 valence electrons. The molecule has 1 aromatic carbocycles. The first-order chi connectivity index (χ1) is 6.63. The van der Waals surface area contributed by atoms with Gasteiger partial charge in [0.25, 0.3) is 0 Å². The Bertz CT molecular complexity index is 392. The largest absolute Gasteiger partial charge is 0.478 e. The Kier molecular flexibility index (Phi) is 3.18. The van der Waals surface area contributed by atoms with E-state index in [0.29, 0.717) is 17.4 Å². The first-order valence-corrected chi connectivity index (χ1v) is 4.10. The molecule has 3 nitrogen and oxygen atoms in total. The van der Waals surface area contributed by atoms with Crippen LogP contribution in [0.5, 0.6) is 0 Å². The van der Waals surface area contributed by atoms with Crippen molar-refractivity contribution in [3.63, 3.8) is 0 Å². The summed E-state index contributed by atoms with van der Waals surface area (Å²) in [4.78, 5) is 20.9. The second-order valence-corrected chi connectivity index (χ2v) is 2.92. The number of aliphatic carboxylic acids is 1. The van der Waals surface area contributed by atoms with Crippen molar-refractivity contribution in [1.82, 2.24) is 0 Å². The van der Waals surface area contributed by atoms with Gasteiger partial charge >= 0.3 is 5.97 Å². The summed E-state index contributed by atoms with van der Waals surface area (Å²) in [5.74, 6) is -1.03. The fraction of sp³-hybridized carbons (Fsp3) is 0.0909. The average molecular weight is 190 g/mol. The standard InChI is InChI=1S/C11H10O3/c1-8-2-3-9(4-5-11(13)14)10(6-8)7-12/h2-7H,1H3,(H,13,14). The third kappa shape index (κ3) is 2.55. The van der Waals surface area contributed by atoms with Crippen LogP contribution in [0, 0.1) is 6.92 Å². The molecule has 3 heteroatoms. The topological polar surface area (TPSA) is 54.4 Å². The number of carboxylic acids is 1. The van der Waals surface area contributed by atoms with Crippen LogP contribution in [0.2, 0.25) is 0 Å². The van der Waals surface area contributed by atoms with Gasteiger partial charge in [-0.1, -0.05) is 17.7 Å². The van der Waals surface area contributed by atoms with Gasteiger partial charge in [-0.15, -0.1) is 0 Å². The third-order valence-electron chi connectivity index (χ3n) is 1.77. The molecule has 0 aromatic heterocycles. The van der Waals surface area contributed by atoms with Crippen LogP contribution in [0.4, 0.5) is 0 Å². The summed E-state index contributed by atoms with van der Waals surface area (Å²) >= 11 is 0. The van der Waals surface area contributed by atoms with E-state index in [-0.39, 0.29) is 0 Å². The molecule has 0 aliphatic rings. The van der Waals surface area contributed by atoms with Crippen LogP contribution in [0.3, 0.4) is 0 Å². The lowest BCUT2D eigenvalue weighted by atomic mass is 10.1. The summed E-state index contributed by atoms with van der Waals surface area (Å²) < 4.78 is 0. The van der Waals surface area contributed by atoms with Crippen molar-refractivity contribution in [1.29, 1.82) is 0 Å². The van der Waals surface area contributed by atoms with Crippen LogP contribution in [-0.2, 0) is 4.79 Å². The molecule has 1 rings (SSSR count). The van der Waals surface area contributed by atoms with Crippen molar-refractivity contribution in [2.45, 2.75) is 6.92 Å². The molecule has 0 aliphatic carbocycles. The summed E-state index contributed by atoms with van der Waals surface area (Å²) in [5.41, 5.74) is 2.09. The Morgan fingerprint density at radius 1 is 1.36 bits per heavy atom. The van der Waals surface area contributed by atoms with Crippen molar-refractivity contribution in [3.8, 4) is 0 Å². The van der Waals surface area contributed by atoms with Gasteiger partial charge in [-0.05, 0) is 24.6 Å². The summed E-state index contributed by atoms with van der Waals surface area (Å²) in [7, 11) is 0. The van der Waals surface area contributed by atoms with Crippen LogP contribution in [0.25, 0.3) is 6.08 Å². The molecule has 0 amide bonds. The zero-order valence-electron chi connectivity index (χ0n) is 7.73. The molecule has 1 N–H and O–H groups in total. The molecule has 0 atom stereocenters. The Morgan fingerprint density at radius 3 is 2.64 bits per heavy atom. The number of aryl methyl sites for hydroxylation is 1. The van der Waals surface area contributed by atoms with Gasteiger partial charge in [0.05, 0.1) is 0 Å². The van der Waals surface area contributed by atoms with Crippen molar-refractivity contribution in [3.05, 3.63) is 41.0 Å². The SMILES string of the molecule is Cc1ccc(C=CC(=O)O)c(C=O)c1. The molecule has 0 unspecified atom stereocenters. The molecule has 0 heterocycles. The van der Waals surface area contributed by atoms with Crippen molar-refractivity contribution >= 4 is 18.3 Å². The predicted octanol–water partition coefficient (Wildman–Crippen LogP) is 1.91. The van der Waals surface area contributed by atoms with Crippen molar-refractivity contribution < 1.29 is 14.7 Å². The van der Waals surface area contributed by atoms with Crippen molar-refractivity contribution in [2.75, 3.05) is 0 Å². The van der Waals surface area contributed by atoms with Gasteiger partial charge in [-0.2, -0.15) is 0 Å². The van der Waals surface area contributed by atoms with Gasteiger partial charge in [-0.3, -0.25) is 4.79 Å². The lowest BCUT2D eigenvalue weighted by molar-refractivity contribution is -0.131. The molecule has 0 fully saturated rings. The lowest BCUT2D eigenvalue weighted by Crippen LogP contribution is -1.90. The maximum absolute atomic E-state index is 10.6. The number of carbonyl (C=O) groups is 2. The molecule has 0 spiro atoms. The quantitative estimate of drug-likeness (QED) is 0.585. The highest BCUT2D eigenvalue weighted by molar-refractivity contribution is 5.89. The Morgan fingerprint density at radius 2 is 2.07 bits per heavy atom. The highest BCUT2D eigenvalue weighted by Gasteiger charge is 1.98. The molecule has 1 aromatic rings. The number of benzene rings is 1. The fourth-order valence-corrected chi connectivity index (χ4v) is 1.11. The summed E-state index contributed by atoms with van der Waals surface area (Å²) in [6.07, 6.45) is 3.14. The second-order valence-electron chi connectivity index (χ2n) is 2.92. The number of rotatable bonds is 3. The minimum absolute atomic E-state index is 0.502. The smallest absolute Gasteiger partial charge is 0.328 e. The molecular weight excluding hydrogens is 180 g/mol. The van der Waals surface area contributed by atoms with E-state index in [2.05, 4.69) is 0 Å². The number of hydrogen-bond acceptors (Lipinski definition) is 2. The minimum atomic E-state index is -1.03. The number of carboxylic acid groups (broad SMARTS) is 1. The Hall–Kier alpha value is -1.90.